The van der Waals surface area contributed by atoms with Crippen LogP contribution in [0.4, 0.5) is 33.6 Å². The van der Waals surface area contributed by atoms with Gasteiger partial charge in [0, 0.05) is 55.1 Å². The highest BCUT2D eigenvalue weighted by molar-refractivity contribution is 7.91. The number of hydrogen-bond acceptors (Lipinski definition) is 8. The number of benzene rings is 2. The summed E-state index contributed by atoms with van der Waals surface area (Å²) in [6.07, 6.45) is 2.14. The number of piperidine rings is 1. The first kappa shape index (κ1) is 30.1. The number of anilines is 2. The fourth-order valence-corrected chi connectivity index (χ4v) is 5.71. The van der Waals surface area contributed by atoms with Crippen molar-refractivity contribution in [3.05, 3.63) is 89.3 Å². The number of alkyl halides is 1. The van der Waals surface area contributed by atoms with Gasteiger partial charge < -0.3 is 15.4 Å². The predicted octanol–water partition coefficient (Wildman–Crippen LogP) is 5.25. The van der Waals surface area contributed by atoms with Gasteiger partial charge in [0.05, 0.1) is 11.3 Å². The first-order valence-electron chi connectivity index (χ1n) is 13.0. The van der Waals surface area contributed by atoms with Gasteiger partial charge in [-0.05, 0) is 37.3 Å². The fraction of sp³-hybridized carbons (Fsp3) is 0.250. The Labute approximate surface area is 243 Å². The maximum absolute atomic E-state index is 15.3. The van der Waals surface area contributed by atoms with E-state index in [2.05, 4.69) is 25.6 Å². The van der Waals surface area contributed by atoms with Crippen LogP contribution in [0.3, 0.4) is 0 Å². The molecule has 3 heterocycles. The number of sulfonamides is 1. The van der Waals surface area contributed by atoms with Crippen molar-refractivity contribution in [3.8, 4) is 22.9 Å². The van der Waals surface area contributed by atoms with Crippen LogP contribution in [-0.4, -0.2) is 48.7 Å². The van der Waals surface area contributed by atoms with Crippen LogP contribution in [0.2, 0.25) is 0 Å². The maximum Gasteiger partial charge on any atom is 0.237 e. The van der Waals surface area contributed by atoms with Gasteiger partial charge in [0.25, 0.3) is 0 Å². The molecule has 0 amide bonds. The molecule has 1 saturated heterocycles. The van der Waals surface area contributed by atoms with Gasteiger partial charge in [-0.2, -0.15) is 0 Å². The lowest BCUT2D eigenvalue weighted by Crippen LogP contribution is -2.44. The van der Waals surface area contributed by atoms with E-state index in [1.807, 2.05) is 0 Å². The molecule has 3 N–H and O–H groups in total. The largest absolute Gasteiger partial charge is 0.438 e. The smallest absolute Gasteiger partial charge is 0.237 e. The first-order chi connectivity index (χ1) is 20.5. The third-order valence-corrected chi connectivity index (χ3v) is 7.79. The lowest BCUT2D eigenvalue weighted by Gasteiger charge is -2.26. The van der Waals surface area contributed by atoms with Crippen LogP contribution in [0.25, 0.3) is 11.3 Å². The van der Waals surface area contributed by atoms with Gasteiger partial charge in [0.15, 0.2) is 11.6 Å². The van der Waals surface area contributed by atoms with Gasteiger partial charge in [-0.25, -0.2) is 45.3 Å². The summed E-state index contributed by atoms with van der Waals surface area (Å²) >= 11 is 0. The summed E-state index contributed by atoms with van der Waals surface area (Å²) < 4.78 is 105. The number of nitrogens with zero attached hydrogens (tertiary/aromatic N) is 3. The van der Waals surface area contributed by atoms with Crippen molar-refractivity contribution in [2.24, 2.45) is 0 Å². The molecule has 0 unspecified atom stereocenters. The Morgan fingerprint density at radius 2 is 1.77 bits per heavy atom. The van der Waals surface area contributed by atoms with Crippen molar-refractivity contribution in [2.45, 2.75) is 31.3 Å². The quantitative estimate of drug-likeness (QED) is 0.217. The number of rotatable bonds is 9. The van der Waals surface area contributed by atoms with Gasteiger partial charge in [0.1, 0.15) is 35.0 Å². The molecule has 1 aliphatic heterocycles. The normalized spacial score (nSPS) is 17.0. The molecule has 0 spiro atoms. The molecule has 0 saturated carbocycles. The molecule has 2 aromatic carbocycles. The minimum Gasteiger partial charge on any atom is -0.438 e. The third-order valence-electron chi connectivity index (χ3n) is 6.61. The third kappa shape index (κ3) is 7.00. The average Bonchev–Trinajstić information content (AvgIpc) is 2.96. The monoisotopic (exact) mass is 620 g/mol. The summed E-state index contributed by atoms with van der Waals surface area (Å²) in [5.74, 6) is -6.23. The number of pyridine rings is 1. The molecule has 0 bridgehead atoms. The Bertz CT molecular complexity index is 1740. The van der Waals surface area contributed by atoms with E-state index in [1.54, 1.807) is 22.9 Å². The van der Waals surface area contributed by atoms with Crippen LogP contribution >= 0.6 is 0 Å². The molecule has 15 heteroatoms. The van der Waals surface area contributed by atoms with Crippen molar-refractivity contribution in [1.29, 1.82) is 0 Å². The van der Waals surface area contributed by atoms with E-state index in [0.29, 0.717) is 17.8 Å². The van der Waals surface area contributed by atoms with Crippen LogP contribution in [-0.2, 0) is 15.8 Å². The van der Waals surface area contributed by atoms with E-state index < -0.39 is 56.5 Å². The zero-order chi connectivity index (χ0) is 30.7. The second kappa shape index (κ2) is 12.5. The van der Waals surface area contributed by atoms with E-state index in [-0.39, 0.29) is 42.1 Å². The molecule has 5 rings (SSSR count). The zero-order valence-electron chi connectivity index (χ0n) is 22.5. The summed E-state index contributed by atoms with van der Waals surface area (Å²) in [7, 11) is -4.63. The van der Waals surface area contributed by atoms with Crippen LogP contribution in [0, 0.1) is 30.2 Å². The Hall–Kier alpha value is -4.37. The van der Waals surface area contributed by atoms with Crippen LogP contribution < -0.4 is 20.1 Å². The summed E-state index contributed by atoms with van der Waals surface area (Å²) in [6, 6.07) is 8.08. The Morgan fingerprint density at radius 3 is 2.51 bits per heavy atom. The van der Waals surface area contributed by atoms with Crippen LogP contribution in [0.15, 0.2) is 54.9 Å². The molecule has 1 aliphatic rings. The fourth-order valence-electron chi connectivity index (χ4n) is 4.48. The van der Waals surface area contributed by atoms with E-state index >= 15 is 8.78 Å². The highest BCUT2D eigenvalue weighted by Gasteiger charge is 2.25. The second-order valence-electron chi connectivity index (χ2n) is 9.79. The number of ether oxygens (including phenoxy) is 1. The Balaban J connectivity index is 1.38. The number of hydrogen-bond donors (Lipinski definition) is 3. The highest BCUT2D eigenvalue weighted by atomic mass is 32.2. The van der Waals surface area contributed by atoms with E-state index in [4.69, 9.17) is 4.74 Å². The minimum absolute atomic E-state index is 0.0689. The Morgan fingerprint density at radius 1 is 1.00 bits per heavy atom. The van der Waals surface area contributed by atoms with Gasteiger partial charge in [-0.15, -0.1) is 0 Å². The average molecular weight is 621 g/mol. The highest BCUT2D eigenvalue weighted by Crippen LogP contribution is 2.36. The Kier molecular flexibility index (Phi) is 8.73. The lowest BCUT2D eigenvalue weighted by atomic mass is 10.1. The van der Waals surface area contributed by atoms with Crippen LogP contribution in [0.5, 0.6) is 11.6 Å². The van der Waals surface area contributed by atoms with Crippen LogP contribution in [0.1, 0.15) is 17.5 Å². The van der Waals surface area contributed by atoms with Crippen molar-refractivity contribution in [2.75, 3.05) is 23.1 Å². The van der Waals surface area contributed by atoms with Gasteiger partial charge >= 0.3 is 0 Å². The molecular weight excluding hydrogens is 595 g/mol. The number of aromatic nitrogens is 3. The molecule has 9 nitrogen and oxygen atoms in total. The van der Waals surface area contributed by atoms with Gasteiger partial charge in [-0.3, -0.25) is 4.72 Å². The summed E-state index contributed by atoms with van der Waals surface area (Å²) in [5.41, 5.74) is -1.40. The lowest BCUT2D eigenvalue weighted by molar-refractivity contribution is 0.254. The summed E-state index contributed by atoms with van der Waals surface area (Å²) in [6.45, 7) is 2.03. The summed E-state index contributed by atoms with van der Waals surface area (Å²) in [5, 5.41) is 6.06. The predicted molar refractivity (Wildman–Crippen MR) is 149 cm³/mol. The molecule has 0 radical (unpaired) electrons. The summed E-state index contributed by atoms with van der Waals surface area (Å²) in [4.78, 5) is 12.8. The molecule has 226 valence electrons. The van der Waals surface area contributed by atoms with Crippen molar-refractivity contribution in [1.82, 2.24) is 20.3 Å². The van der Waals surface area contributed by atoms with Crippen molar-refractivity contribution < 1.29 is 35.1 Å². The topological polar surface area (TPSA) is 118 Å². The van der Waals surface area contributed by atoms with Gasteiger partial charge in [-0.1, -0.05) is 6.07 Å². The first-order valence-corrected chi connectivity index (χ1v) is 14.7. The van der Waals surface area contributed by atoms with E-state index in [0.717, 1.165) is 24.3 Å². The van der Waals surface area contributed by atoms with Gasteiger partial charge in [0.2, 0.25) is 21.9 Å². The number of nitrogens with one attached hydrogen (secondary N) is 3. The molecule has 4 aromatic rings. The molecule has 2 atom stereocenters. The zero-order valence-corrected chi connectivity index (χ0v) is 23.4. The molecule has 43 heavy (non-hydrogen) atoms. The molecule has 1 fully saturated rings. The number of halogens is 5. The molecule has 0 aliphatic carbocycles. The van der Waals surface area contributed by atoms with Crippen molar-refractivity contribution >= 4 is 21.7 Å². The van der Waals surface area contributed by atoms with E-state index in [1.165, 1.54) is 19.3 Å². The molecule has 2 aromatic heterocycles. The second-order valence-corrected chi connectivity index (χ2v) is 11.5. The SMILES string of the molecule is Cc1c(Oc2ncccc2-c2ccnc(N[C@@H]3CNC[C@@H](F)C3)n2)cc(F)c(NS(=O)(=O)Cc2c(F)cccc2F)c1F. The van der Waals surface area contributed by atoms with E-state index in [9.17, 15) is 21.6 Å². The van der Waals surface area contributed by atoms with Crippen molar-refractivity contribution in [3.63, 3.8) is 0 Å². The molecular formula is C28H25F5N6O3S. The standard InChI is InChI=1S/C28H25F5N6O3S/c1-15-24(11-22(32)26(25(15)33)39-43(40,41)14-19-20(30)5-2-6-21(19)31)42-27-18(4-3-8-35-27)23-7-9-36-28(38-23)37-17-10-16(29)12-34-13-17/h2-9,11,16-17,34,39H,10,12-14H2,1H3,(H,36,37,38)/t16-,17-/m0/s1. The minimum atomic E-state index is -4.63. The maximum atomic E-state index is 15.3.